The molecule has 0 saturated heterocycles. The maximum absolute atomic E-state index is 8.68. The molecule has 0 bridgehead atoms. The topological polar surface area (TPSA) is 96.4 Å². The summed E-state index contributed by atoms with van der Waals surface area (Å²) < 4.78 is 5.26. The van der Waals surface area contributed by atoms with Crippen molar-refractivity contribution in [3.05, 3.63) is 24.2 Å². The summed E-state index contributed by atoms with van der Waals surface area (Å²) >= 11 is 1.42. The third kappa shape index (κ3) is 2.15. The second-order valence-corrected chi connectivity index (χ2v) is 4.89. The zero-order valence-electron chi connectivity index (χ0n) is 10.6. The highest BCUT2D eigenvalue weighted by Crippen LogP contribution is 2.42. The first kappa shape index (κ1) is 12.7. The van der Waals surface area contributed by atoms with Crippen molar-refractivity contribution in [2.24, 2.45) is 4.99 Å². The number of hydrogen-bond acceptors (Lipinski definition) is 7. The van der Waals surface area contributed by atoms with Gasteiger partial charge in [0.15, 0.2) is 5.82 Å². The van der Waals surface area contributed by atoms with Gasteiger partial charge >= 0.3 is 0 Å². The molecule has 0 spiro atoms. The second-order valence-electron chi connectivity index (χ2n) is 3.89. The Morgan fingerprint density at radius 3 is 3.20 bits per heavy atom. The van der Waals surface area contributed by atoms with Crippen LogP contribution in [0.2, 0.25) is 0 Å². The Hall–Kier alpha value is -2.32. The fourth-order valence-electron chi connectivity index (χ4n) is 1.78. The summed E-state index contributed by atoms with van der Waals surface area (Å²) in [5.41, 5.74) is 2.54. The fraction of sp³-hybridized carbons (Fsp3) is 0.167. The van der Waals surface area contributed by atoms with E-state index in [-0.39, 0.29) is 0 Å². The average molecular weight is 289 g/mol. The molecule has 0 amide bonds. The lowest BCUT2D eigenvalue weighted by molar-refractivity contribution is 0.240. The van der Waals surface area contributed by atoms with E-state index in [1.54, 1.807) is 6.20 Å². The van der Waals surface area contributed by atoms with E-state index in [4.69, 9.17) is 9.73 Å². The first-order valence-electron chi connectivity index (χ1n) is 5.96. The molecule has 3 heterocycles. The minimum atomic E-state index is 0.412. The minimum Gasteiger partial charge on any atom is -0.333 e. The van der Waals surface area contributed by atoms with Gasteiger partial charge in [-0.25, -0.2) is 9.98 Å². The van der Waals surface area contributed by atoms with E-state index < -0.39 is 0 Å². The summed E-state index contributed by atoms with van der Waals surface area (Å²) in [5, 5.41) is 13.4. The molecule has 0 fully saturated rings. The van der Waals surface area contributed by atoms with Gasteiger partial charge in [0.2, 0.25) is 0 Å². The monoisotopic (exact) mass is 289 g/mol. The van der Waals surface area contributed by atoms with Gasteiger partial charge in [-0.05, 0) is 12.1 Å². The number of aromatic nitrogens is 3. The summed E-state index contributed by atoms with van der Waals surface area (Å²) in [6.07, 6.45) is 3.60. The van der Waals surface area contributed by atoms with Gasteiger partial charge in [-0.15, -0.1) is 11.3 Å². The molecule has 7 nitrogen and oxygen atoms in total. The van der Waals surface area contributed by atoms with Gasteiger partial charge in [0.05, 0.1) is 5.69 Å². The van der Waals surface area contributed by atoms with Gasteiger partial charge in [-0.2, -0.15) is 4.98 Å². The van der Waals surface area contributed by atoms with Crippen molar-refractivity contribution in [3.63, 3.8) is 0 Å². The maximum Gasteiger partial charge on any atom is 0.270 e. The van der Waals surface area contributed by atoms with E-state index in [1.165, 1.54) is 17.7 Å². The Balaban J connectivity index is 2.20. The largest absolute Gasteiger partial charge is 0.333 e. The highest BCUT2D eigenvalue weighted by Gasteiger charge is 2.18. The van der Waals surface area contributed by atoms with E-state index in [9.17, 15) is 0 Å². The van der Waals surface area contributed by atoms with Crippen molar-refractivity contribution in [1.29, 1.82) is 0 Å². The van der Waals surface area contributed by atoms with E-state index in [1.807, 2.05) is 24.5 Å². The Kier molecular flexibility index (Phi) is 3.40. The summed E-state index contributed by atoms with van der Waals surface area (Å²) in [7, 11) is 0. The SMILES string of the molecule is CCc1noc(-c2sc3ncccc3c2N=CNO)n1. The quantitative estimate of drug-likeness (QED) is 0.435. The molecule has 0 aliphatic carbocycles. The standard InChI is InChI=1S/C12H11N5O2S/c1-2-8-16-11(19-17-8)10-9(14-6-15-18)7-4-3-5-13-12(7)20-10/h3-6,18H,2H2,1H3,(H,14,15). The van der Waals surface area contributed by atoms with E-state index in [0.717, 1.165) is 15.1 Å². The van der Waals surface area contributed by atoms with E-state index in [2.05, 4.69) is 20.1 Å². The number of aryl methyl sites for hydroxylation is 1. The first-order valence-corrected chi connectivity index (χ1v) is 6.77. The van der Waals surface area contributed by atoms with Gasteiger partial charge in [-0.3, -0.25) is 10.7 Å². The predicted molar refractivity (Wildman–Crippen MR) is 75.4 cm³/mol. The number of pyridine rings is 1. The van der Waals surface area contributed by atoms with Crippen LogP contribution in [0.1, 0.15) is 12.7 Å². The lowest BCUT2D eigenvalue weighted by atomic mass is 10.2. The Morgan fingerprint density at radius 1 is 1.55 bits per heavy atom. The van der Waals surface area contributed by atoms with Gasteiger partial charge < -0.3 is 4.52 Å². The number of nitrogens with one attached hydrogen (secondary N) is 1. The number of fused-ring (bicyclic) bond motifs is 1. The summed E-state index contributed by atoms with van der Waals surface area (Å²) in [4.78, 5) is 14.3. The van der Waals surface area contributed by atoms with Crippen LogP contribution in [0.4, 0.5) is 5.69 Å². The molecule has 0 aromatic carbocycles. The van der Waals surface area contributed by atoms with Gasteiger partial charge in [0, 0.05) is 18.0 Å². The number of thiophene rings is 1. The van der Waals surface area contributed by atoms with Gasteiger partial charge in [-0.1, -0.05) is 12.1 Å². The molecule has 0 atom stereocenters. The van der Waals surface area contributed by atoms with E-state index in [0.29, 0.717) is 23.8 Å². The van der Waals surface area contributed by atoms with Crippen LogP contribution < -0.4 is 5.48 Å². The number of aliphatic imine (C=N–C) groups is 1. The summed E-state index contributed by atoms with van der Waals surface area (Å²) in [6.45, 7) is 1.95. The molecule has 0 saturated carbocycles. The molecule has 2 N–H and O–H groups in total. The zero-order valence-corrected chi connectivity index (χ0v) is 11.4. The molecule has 0 unspecified atom stereocenters. The molecule has 102 valence electrons. The van der Waals surface area contributed by atoms with Crippen LogP contribution in [-0.2, 0) is 6.42 Å². The molecule has 0 aliphatic heterocycles. The molecule has 3 rings (SSSR count). The predicted octanol–water partition coefficient (Wildman–Crippen LogP) is 2.55. The minimum absolute atomic E-state index is 0.412. The fourth-order valence-corrected chi connectivity index (χ4v) is 2.79. The van der Waals surface area contributed by atoms with Crippen molar-refractivity contribution >= 4 is 33.6 Å². The highest BCUT2D eigenvalue weighted by molar-refractivity contribution is 7.22. The van der Waals surface area contributed by atoms with Crippen LogP contribution in [0.3, 0.4) is 0 Å². The molecule has 3 aromatic heterocycles. The summed E-state index contributed by atoms with van der Waals surface area (Å²) in [5.74, 6) is 1.05. The zero-order chi connectivity index (χ0) is 13.9. The Labute approximate surface area is 118 Å². The number of nitrogens with zero attached hydrogens (tertiary/aromatic N) is 4. The van der Waals surface area contributed by atoms with E-state index >= 15 is 0 Å². The second kappa shape index (κ2) is 5.35. The number of rotatable bonds is 4. The van der Waals surface area contributed by atoms with Crippen LogP contribution in [0.25, 0.3) is 21.0 Å². The van der Waals surface area contributed by atoms with Crippen LogP contribution in [0.15, 0.2) is 27.8 Å². The Bertz CT molecular complexity index is 764. The lowest BCUT2D eigenvalue weighted by Crippen LogP contribution is -2.00. The van der Waals surface area contributed by atoms with Crippen molar-refractivity contribution in [2.45, 2.75) is 13.3 Å². The third-order valence-corrected chi connectivity index (χ3v) is 3.76. The normalized spacial score (nSPS) is 11.5. The van der Waals surface area contributed by atoms with Gasteiger partial charge in [0.25, 0.3) is 5.89 Å². The molecular weight excluding hydrogens is 278 g/mol. The van der Waals surface area contributed by atoms with Crippen molar-refractivity contribution in [1.82, 2.24) is 20.6 Å². The molecule has 0 aliphatic rings. The average Bonchev–Trinajstić information content (AvgIpc) is 3.09. The smallest absolute Gasteiger partial charge is 0.270 e. The molecule has 3 aromatic rings. The van der Waals surface area contributed by atoms with Crippen molar-refractivity contribution in [3.8, 4) is 10.8 Å². The van der Waals surface area contributed by atoms with Crippen LogP contribution in [0.5, 0.6) is 0 Å². The van der Waals surface area contributed by atoms with Crippen LogP contribution in [0, 0.1) is 0 Å². The van der Waals surface area contributed by atoms with Crippen LogP contribution in [-0.4, -0.2) is 26.7 Å². The molecule has 0 radical (unpaired) electrons. The summed E-state index contributed by atoms with van der Waals surface area (Å²) in [6, 6.07) is 3.74. The molecular formula is C12H11N5O2S. The highest BCUT2D eigenvalue weighted by atomic mass is 32.1. The molecule has 8 heteroatoms. The van der Waals surface area contributed by atoms with Crippen LogP contribution >= 0.6 is 11.3 Å². The molecule has 20 heavy (non-hydrogen) atoms. The maximum atomic E-state index is 8.68. The first-order chi connectivity index (χ1) is 9.83. The number of hydrogen-bond donors (Lipinski definition) is 2. The number of hydroxylamine groups is 1. The van der Waals surface area contributed by atoms with Gasteiger partial charge in [0.1, 0.15) is 16.0 Å². The Morgan fingerprint density at radius 2 is 2.45 bits per heavy atom. The lowest BCUT2D eigenvalue weighted by Gasteiger charge is -1.93. The third-order valence-electron chi connectivity index (χ3n) is 2.67. The van der Waals surface area contributed by atoms with Crippen molar-refractivity contribution < 1.29 is 9.73 Å². The van der Waals surface area contributed by atoms with Crippen molar-refractivity contribution in [2.75, 3.05) is 0 Å².